The quantitative estimate of drug-likeness (QED) is 0.797. The highest BCUT2D eigenvalue weighted by Crippen LogP contribution is 2.32. The van der Waals surface area contributed by atoms with Crippen LogP contribution in [0.1, 0.15) is 5.56 Å². The normalized spacial score (nSPS) is 14.7. The monoisotopic (exact) mass is 330 g/mol. The first-order chi connectivity index (χ1) is 11.7. The lowest BCUT2D eigenvalue weighted by Crippen LogP contribution is -2.36. The van der Waals surface area contributed by atoms with Crippen molar-refractivity contribution in [2.45, 2.75) is 6.92 Å². The molecule has 128 valence electrons. The van der Waals surface area contributed by atoms with E-state index < -0.39 is 0 Å². The summed E-state index contributed by atoms with van der Waals surface area (Å²) in [6, 6.07) is 7.70. The summed E-state index contributed by atoms with van der Waals surface area (Å²) in [5.41, 5.74) is 10.2. The third-order valence-electron chi connectivity index (χ3n) is 3.96. The number of aromatic nitrogens is 2. The van der Waals surface area contributed by atoms with E-state index in [9.17, 15) is 0 Å². The predicted molar refractivity (Wildman–Crippen MR) is 92.2 cm³/mol. The maximum atomic E-state index is 9.01. The number of nitrogen functional groups attached to an aromatic ring is 1. The number of aliphatic hydroxyl groups excluding tert-OH is 1. The van der Waals surface area contributed by atoms with Crippen molar-refractivity contribution in [3.05, 3.63) is 29.8 Å². The van der Waals surface area contributed by atoms with Crippen molar-refractivity contribution in [2.24, 2.45) is 0 Å². The van der Waals surface area contributed by atoms with Gasteiger partial charge in [-0.25, -0.2) is 0 Å². The van der Waals surface area contributed by atoms with Crippen LogP contribution in [0.3, 0.4) is 0 Å². The number of hydrogen-bond acceptors (Lipinski definition) is 7. The number of aryl methyl sites for hydroxylation is 1. The molecule has 1 fully saturated rings. The molecule has 0 aliphatic carbocycles. The van der Waals surface area contributed by atoms with E-state index in [0.717, 1.165) is 35.6 Å². The highest BCUT2D eigenvalue weighted by molar-refractivity contribution is 5.72. The number of hydrogen-bond donors (Lipinski definition) is 2. The van der Waals surface area contributed by atoms with Crippen LogP contribution in [-0.2, 0) is 4.74 Å². The van der Waals surface area contributed by atoms with E-state index in [1.165, 1.54) is 0 Å². The molecule has 0 unspecified atom stereocenters. The minimum Gasteiger partial charge on any atom is -0.473 e. The summed E-state index contributed by atoms with van der Waals surface area (Å²) < 4.78 is 11.0. The Labute approximate surface area is 141 Å². The number of aliphatic hydroxyl groups is 1. The van der Waals surface area contributed by atoms with Gasteiger partial charge in [0.1, 0.15) is 12.3 Å². The number of benzene rings is 1. The van der Waals surface area contributed by atoms with Gasteiger partial charge in [-0.3, -0.25) is 0 Å². The fraction of sp³-hybridized carbons (Fsp3) is 0.412. The molecule has 1 saturated heterocycles. The smallest absolute Gasteiger partial charge is 0.257 e. The first-order valence-corrected chi connectivity index (χ1v) is 7.99. The van der Waals surface area contributed by atoms with Crippen LogP contribution in [0.15, 0.2) is 24.3 Å². The summed E-state index contributed by atoms with van der Waals surface area (Å²) in [7, 11) is 0. The summed E-state index contributed by atoms with van der Waals surface area (Å²) in [5, 5.41) is 17.5. The molecule has 0 bridgehead atoms. The molecule has 7 heteroatoms. The van der Waals surface area contributed by atoms with E-state index in [2.05, 4.69) is 15.1 Å². The van der Waals surface area contributed by atoms with Crippen molar-refractivity contribution in [1.82, 2.24) is 10.2 Å². The third kappa shape index (κ3) is 3.58. The average molecular weight is 330 g/mol. The van der Waals surface area contributed by atoms with Gasteiger partial charge in [0.25, 0.3) is 5.88 Å². The second-order valence-electron chi connectivity index (χ2n) is 5.67. The van der Waals surface area contributed by atoms with Gasteiger partial charge >= 0.3 is 0 Å². The Morgan fingerprint density at radius 2 is 2.04 bits per heavy atom. The zero-order valence-corrected chi connectivity index (χ0v) is 13.7. The van der Waals surface area contributed by atoms with Crippen molar-refractivity contribution in [3.8, 4) is 17.1 Å². The van der Waals surface area contributed by atoms with Gasteiger partial charge in [-0.1, -0.05) is 6.07 Å². The fourth-order valence-electron chi connectivity index (χ4n) is 2.69. The van der Waals surface area contributed by atoms with E-state index in [4.69, 9.17) is 20.3 Å². The average Bonchev–Trinajstić information content (AvgIpc) is 2.62. The fourth-order valence-corrected chi connectivity index (χ4v) is 2.69. The van der Waals surface area contributed by atoms with Crippen LogP contribution in [0.4, 0.5) is 11.4 Å². The van der Waals surface area contributed by atoms with Gasteiger partial charge in [0.15, 0.2) is 0 Å². The van der Waals surface area contributed by atoms with Crippen molar-refractivity contribution < 1.29 is 14.6 Å². The van der Waals surface area contributed by atoms with Gasteiger partial charge < -0.3 is 25.2 Å². The molecular weight excluding hydrogens is 308 g/mol. The van der Waals surface area contributed by atoms with Gasteiger partial charge in [-0.2, -0.15) is 0 Å². The van der Waals surface area contributed by atoms with Crippen molar-refractivity contribution >= 4 is 11.4 Å². The minimum absolute atomic E-state index is 0.0691. The van der Waals surface area contributed by atoms with Crippen LogP contribution in [0.25, 0.3) is 11.3 Å². The van der Waals surface area contributed by atoms with E-state index in [-0.39, 0.29) is 13.2 Å². The van der Waals surface area contributed by atoms with Crippen molar-refractivity contribution in [1.29, 1.82) is 0 Å². The topological polar surface area (TPSA) is 93.7 Å². The molecule has 0 atom stereocenters. The Balaban J connectivity index is 2.00. The zero-order valence-electron chi connectivity index (χ0n) is 13.7. The first-order valence-electron chi connectivity index (χ1n) is 7.99. The predicted octanol–water partition coefficient (Wildman–Crippen LogP) is 1.24. The summed E-state index contributed by atoms with van der Waals surface area (Å²) in [6.45, 7) is 4.97. The second-order valence-corrected chi connectivity index (χ2v) is 5.67. The van der Waals surface area contributed by atoms with Crippen molar-refractivity contribution in [2.75, 3.05) is 50.2 Å². The molecule has 3 rings (SSSR count). The number of anilines is 2. The van der Waals surface area contributed by atoms with E-state index in [0.29, 0.717) is 24.8 Å². The molecule has 2 heterocycles. The Morgan fingerprint density at radius 1 is 1.25 bits per heavy atom. The number of ether oxygens (including phenoxy) is 2. The van der Waals surface area contributed by atoms with Gasteiger partial charge in [0.05, 0.1) is 25.5 Å². The van der Waals surface area contributed by atoms with Gasteiger partial charge in [0.2, 0.25) is 0 Å². The minimum atomic E-state index is -0.0691. The Kier molecular flexibility index (Phi) is 5.12. The van der Waals surface area contributed by atoms with E-state index >= 15 is 0 Å². The molecule has 2 aromatic rings. The summed E-state index contributed by atoms with van der Waals surface area (Å²) in [5.74, 6) is 0.427. The van der Waals surface area contributed by atoms with E-state index in [1.54, 1.807) is 0 Å². The highest BCUT2D eigenvalue weighted by Gasteiger charge is 2.19. The summed E-state index contributed by atoms with van der Waals surface area (Å²) in [6.07, 6.45) is 0. The molecule has 1 aromatic carbocycles. The molecule has 1 aliphatic rings. The lowest BCUT2D eigenvalue weighted by Gasteiger charge is -2.29. The molecule has 7 nitrogen and oxygen atoms in total. The maximum absolute atomic E-state index is 9.01. The summed E-state index contributed by atoms with van der Waals surface area (Å²) in [4.78, 5) is 2.16. The standard InChI is InChI=1S/C17H22N4O3/c1-12-2-3-13(18)10-14(12)15-11-16(21-4-7-23-8-5-21)17(20-19-15)24-9-6-22/h2-3,10-11,22H,4-9,18H2,1H3. The van der Waals surface area contributed by atoms with E-state index in [1.807, 2.05) is 31.2 Å². The lowest BCUT2D eigenvalue weighted by atomic mass is 10.0. The molecule has 1 aliphatic heterocycles. The molecule has 1 aromatic heterocycles. The molecule has 0 amide bonds. The van der Waals surface area contributed by atoms with Gasteiger partial charge in [-0.05, 0) is 30.7 Å². The van der Waals surface area contributed by atoms with Crippen LogP contribution >= 0.6 is 0 Å². The van der Waals surface area contributed by atoms with Crippen LogP contribution in [0, 0.1) is 6.92 Å². The van der Waals surface area contributed by atoms with Crippen LogP contribution < -0.4 is 15.4 Å². The van der Waals surface area contributed by atoms with Crippen LogP contribution in [-0.4, -0.2) is 54.8 Å². The number of nitrogens with zero attached hydrogens (tertiary/aromatic N) is 3. The van der Waals surface area contributed by atoms with Crippen LogP contribution in [0.2, 0.25) is 0 Å². The second kappa shape index (κ2) is 7.46. The van der Waals surface area contributed by atoms with Crippen molar-refractivity contribution in [3.63, 3.8) is 0 Å². The zero-order chi connectivity index (χ0) is 16.9. The Morgan fingerprint density at radius 3 is 2.79 bits per heavy atom. The highest BCUT2D eigenvalue weighted by atomic mass is 16.5. The number of rotatable bonds is 5. The van der Waals surface area contributed by atoms with Gasteiger partial charge in [-0.15, -0.1) is 10.2 Å². The SMILES string of the molecule is Cc1ccc(N)cc1-c1cc(N2CCOCC2)c(OCCO)nn1. The lowest BCUT2D eigenvalue weighted by molar-refractivity contribution is 0.122. The largest absolute Gasteiger partial charge is 0.473 e. The maximum Gasteiger partial charge on any atom is 0.257 e. The molecule has 3 N–H and O–H groups in total. The number of morpholine rings is 1. The number of nitrogens with two attached hydrogens (primary N) is 1. The Bertz CT molecular complexity index is 702. The van der Waals surface area contributed by atoms with Crippen LogP contribution in [0.5, 0.6) is 5.88 Å². The molecular formula is C17H22N4O3. The first kappa shape index (κ1) is 16.5. The molecule has 24 heavy (non-hydrogen) atoms. The Hall–Kier alpha value is -2.38. The molecule has 0 radical (unpaired) electrons. The third-order valence-corrected chi connectivity index (χ3v) is 3.96. The molecule has 0 spiro atoms. The molecule has 0 saturated carbocycles. The summed E-state index contributed by atoms with van der Waals surface area (Å²) >= 11 is 0. The van der Waals surface area contributed by atoms with Gasteiger partial charge in [0, 0.05) is 24.3 Å².